The van der Waals surface area contributed by atoms with Gasteiger partial charge in [-0.2, -0.15) is 8.78 Å². The Labute approximate surface area is 242 Å². The molecule has 1 aliphatic carbocycles. The number of aryl methyl sites for hydroxylation is 1. The number of hydrogen-bond donors (Lipinski definition) is 0. The van der Waals surface area contributed by atoms with Gasteiger partial charge in [-0.15, -0.1) is 0 Å². The molecule has 0 radical (unpaired) electrons. The maximum Gasteiger partial charge on any atom is 0.201 e. The van der Waals surface area contributed by atoms with Crippen molar-refractivity contribution in [3.05, 3.63) is 112 Å². The van der Waals surface area contributed by atoms with Gasteiger partial charge in [-0.3, -0.25) is 0 Å². The number of benzene rings is 3. The van der Waals surface area contributed by atoms with Gasteiger partial charge in [0.1, 0.15) is 6.61 Å². The summed E-state index contributed by atoms with van der Waals surface area (Å²) in [7, 11) is 0. The molecule has 0 spiro atoms. The molecule has 0 amide bonds. The van der Waals surface area contributed by atoms with Gasteiger partial charge in [-0.05, 0) is 92.3 Å². The van der Waals surface area contributed by atoms with Crippen molar-refractivity contribution in [3.8, 4) is 11.5 Å². The summed E-state index contributed by atoms with van der Waals surface area (Å²) in [6.07, 6.45) is 9.12. The van der Waals surface area contributed by atoms with E-state index in [0.717, 1.165) is 6.42 Å². The topological polar surface area (TPSA) is 18.5 Å². The highest BCUT2D eigenvalue weighted by Crippen LogP contribution is 2.39. The lowest BCUT2D eigenvalue weighted by atomic mass is 9.82. The molecule has 0 bridgehead atoms. The minimum Gasteiger partial charge on any atom is -0.490 e. The highest BCUT2D eigenvalue weighted by atomic mass is 19.2. The summed E-state index contributed by atoms with van der Waals surface area (Å²) in [5.41, 5.74) is 1.01. The van der Waals surface area contributed by atoms with Gasteiger partial charge < -0.3 is 9.47 Å². The third-order valence-corrected chi connectivity index (χ3v) is 7.52. The van der Waals surface area contributed by atoms with Gasteiger partial charge in [0, 0.05) is 11.1 Å². The van der Waals surface area contributed by atoms with Crippen LogP contribution in [0.25, 0.3) is 5.57 Å². The summed E-state index contributed by atoms with van der Waals surface area (Å²) in [5.74, 6) is -7.38. The van der Waals surface area contributed by atoms with Crippen molar-refractivity contribution in [2.75, 3.05) is 6.61 Å². The molecule has 1 atom stereocenters. The van der Waals surface area contributed by atoms with E-state index in [1.165, 1.54) is 24.3 Å². The monoisotopic (exact) mass is 588 g/mol. The molecular weight excluding hydrogens is 554 g/mol. The summed E-state index contributed by atoms with van der Waals surface area (Å²) in [6, 6.07) is 8.37. The van der Waals surface area contributed by atoms with Gasteiger partial charge in [0.15, 0.2) is 34.8 Å². The lowest BCUT2D eigenvalue weighted by Gasteiger charge is -2.24. The SMILES string of the molecule is C/C=C/CCc1ccc(C2CC=C(c3ccc(OCc4ccc(OCCCC)c(F)c4F)c(F)c3F)CC2)c(F)c1F. The average Bonchev–Trinajstić information content (AvgIpc) is 2.99. The normalized spacial score (nSPS) is 15.2. The van der Waals surface area contributed by atoms with Crippen LogP contribution < -0.4 is 9.47 Å². The third kappa shape index (κ3) is 7.02. The summed E-state index contributed by atoms with van der Waals surface area (Å²) >= 11 is 0. The Bertz CT molecular complexity index is 1460. The lowest BCUT2D eigenvalue weighted by Crippen LogP contribution is -2.10. The van der Waals surface area contributed by atoms with E-state index in [-0.39, 0.29) is 35.0 Å². The molecule has 3 aromatic rings. The zero-order chi connectivity index (χ0) is 30.2. The van der Waals surface area contributed by atoms with Crippen LogP contribution in [0.1, 0.15) is 80.5 Å². The van der Waals surface area contributed by atoms with Crippen LogP contribution in [0.5, 0.6) is 11.5 Å². The predicted molar refractivity (Wildman–Crippen MR) is 152 cm³/mol. The first-order chi connectivity index (χ1) is 20.3. The van der Waals surface area contributed by atoms with E-state index >= 15 is 4.39 Å². The van der Waals surface area contributed by atoms with Crippen LogP contribution in [0.3, 0.4) is 0 Å². The fourth-order valence-electron chi connectivity index (χ4n) is 5.05. The second kappa shape index (κ2) is 14.5. The van der Waals surface area contributed by atoms with Gasteiger partial charge in [-0.25, -0.2) is 17.6 Å². The van der Waals surface area contributed by atoms with E-state index in [1.54, 1.807) is 18.2 Å². The van der Waals surface area contributed by atoms with Crippen LogP contribution in [-0.2, 0) is 13.0 Å². The number of rotatable bonds is 12. The van der Waals surface area contributed by atoms with Crippen molar-refractivity contribution in [2.45, 2.75) is 71.3 Å². The van der Waals surface area contributed by atoms with Gasteiger partial charge in [0.2, 0.25) is 11.6 Å². The molecule has 2 nitrogen and oxygen atoms in total. The van der Waals surface area contributed by atoms with Crippen molar-refractivity contribution in [2.24, 2.45) is 0 Å². The predicted octanol–water partition coefficient (Wildman–Crippen LogP) is 10.1. The van der Waals surface area contributed by atoms with E-state index in [9.17, 15) is 22.0 Å². The number of unbranched alkanes of at least 4 members (excludes halogenated alkanes) is 1. The zero-order valence-corrected chi connectivity index (χ0v) is 23.7. The van der Waals surface area contributed by atoms with Crippen LogP contribution >= 0.6 is 0 Å². The molecule has 3 aromatic carbocycles. The minimum absolute atomic E-state index is 0.0371. The second-order valence-electron chi connectivity index (χ2n) is 10.3. The Morgan fingerprint density at radius 3 is 2.19 bits per heavy atom. The van der Waals surface area contributed by atoms with E-state index < -0.39 is 47.3 Å². The van der Waals surface area contributed by atoms with Crippen molar-refractivity contribution in [1.29, 1.82) is 0 Å². The van der Waals surface area contributed by atoms with E-state index in [1.807, 2.05) is 26.0 Å². The Morgan fingerprint density at radius 2 is 1.48 bits per heavy atom. The summed E-state index contributed by atoms with van der Waals surface area (Å²) in [5, 5.41) is 0. The molecule has 42 heavy (non-hydrogen) atoms. The van der Waals surface area contributed by atoms with Crippen molar-refractivity contribution in [1.82, 2.24) is 0 Å². The first-order valence-corrected chi connectivity index (χ1v) is 14.2. The fourth-order valence-corrected chi connectivity index (χ4v) is 5.05. The molecule has 0 saturated carbocycles. The van der Waals surface area contributed by atoms with Crippen molar-refractivity contribution in [3.63, 3.8) is 0 Å². The molecule has 0 fully saturated rings. The van der Waals surface area contributed by atoms with Crippen LogP contribution in [0.4, 0.5) is 26.3 Å². The summed E-state index contributed by atoms with van der Waals surface area (Å²) in [4.78, 5) is 0. The van der Waals surface area contributed by atoms with Gasteiger partial charge in [0.25, 0.3) is 0 Å². The standard InChI is InChI=1S/C34H34F6O2/c1-3-5-7-8-23-13-15-25(31(37)29(23)35)21-9-11-22(12-10-21)26-16-18-28(34(40)32(26)38)42-20-24-14-17-27(33(39)30(24)36)41-19-6-4-2/h3,5,11,13-18,21H,4,6-10,12,19-20H2,1-2H3/b5-3+. The Morgan fingerprint density at radius 1 is 0.786 bits per heavy atom. The molecule has 0 aliphatic heterocycles. The molecule has 0 saturated heterocycles. The lowest BCUT2D eigenvalue weighted by molar-refractivity contribution is 0.270. The van der Waals surface area contributed by atoms with Crippen LogP contribution in [0.2, 0.25) is 0 Å². The molecule has 0 aromatic heterocycles. The Hall–Kier alpha value is -3.68. The fraction of sp³-hybridized carbons (Fsp3) is 0.353. The van der Waals surface area contributed by atoms with Crippen LogP contribution in [0, 0.1) is 34.9 Å². The molecule has 1 unspecified atom stereocenters. The number of halogens is 6. The minimum atomic E-state index is -1.25. The van der Waals surface area contributed by atoms with Gasteiger partial charge >= 0.3 is 0 Å². The van der Waals surface area contributed by atoms with Crippen LogP contribution in [-0.4, -0.2) is 6.61 Å². The molecule has 0 heterocycles. The maximum atomic E-state index is 15.1. The van der Waals surface area contributed by atoms with E-state index in [2.05, 4.69) is 0 Å². The third-order valence-electron chi connectivity index (χ3n) is 7.52. The average molecular weight is 589 g/mol. The number of ether oxygens (including phenoxy) is 2. The van der Waals surface area contributed by atoms with Gasteiger partial charge in [0.05, 0.1) is 6.61 Å². The van der Waals surface area contributed by atoms with E-state index in [0.29, 0.717) is 49.7 Å². The number of allylic oxidation sites excluding steroid dienone is 4. The maximum absolute atomic E-state index is 15.1. The Kier molecular flexibility index (Phi) is 10.8. The largest absolute Gasteiger partial charge is 0.490 e. The molecule has 4 rings (SSSR count). The summed E-state index contributed by atoms with van der Waals surface area (Å²) in [6.45, 7) is 3.53. The first-order valence-electron chi connectivity index (χ1n) is 14.2. The molecule has 8 heteroatoms. The first kappa shape index (κ1) is 31.3. The molecule has 1 aliphatic rings. The smallest absolute Gasteiger partial charge is 0.201 e. The highest BCUT2D eigenvalue weighted by molar-refractivity contribution is 5.68. The van der Waals surface area contributed by atoms with Crippen LogP contribution in [0.15, 0.2) is 54.6 Å². The quantitative estimate of drug-likeness (QED) is 0.119. The zero-order valence-electron chi connectivity index (χ0n) is 23.7. The molecular formula is C34H34F6O2. The number of hydrogen-bond acceptors (Lipinski definition) is 2. The van der Waals surface area contributed by atoms with Crippen molar-refractivity contribution >= 4 is 5.57 Å². The van der Waals surface area contributed by atoms with Gasteiger partial charge in [-0.1, -0.05) is 43.7 Å². The summed E-state index contributed by atoms with van der Waals surface area (Å²) < 4.78 is 98.9. The highest BCUT2D eigenvalue weighted by Gasteiger charge is 2.25. The molecule has 224 valence electrons. The molecule has 0 N–H and O–H groups in total. The van der Waals surface area contributed by atoms with Crippen molar-refractivity contribution < 1.29 is 35.8 Å². The second-order valence-corrected chi connectivity index (χ2v) is 10.3. The Balaban J connectivity index is 1.43. The van der Waals surface area contributed by atoms with E-state index in [4.69, 9.17) is 9.47 Å².